The van der Waals surface area contributed by atoms with Gasteiger partial charge in [0.15, 0.2) is 5.60 Å². The molecule has 10 aliphatic carbocycles. The van der Waals surface area contributed by atoms with Crippen molar-refractivity contribution in [1.82, 2.24) is 3.92 Å². The van der Waals surface area contributed by atoms with E-state index in [1.54, 1.807) is 31.2 Å². The number of hydrogen-bond acceptors (Lipinski definition) is 23. The van der Waals surface area contributed by atoms with Gasteiger partial charge >= 0.3 is 158 Å². The number of ether oxygens (including phenoxy) is 7. The summed E-state index contributed by atoms with van der Waals surface area (Å²) in [5.41, 5.74) is -7.20. The number of nitrogens with zero attached hydrogens (tertiary/aromatic N) is 1. The Kier molecular flexibility index (Phi) is 33.1. The van der Waals surface area contributed by atoms with E-state index < -0.39 is 111 Å². The van der Waals surface area contributed by atoms with E-state index in [9.17, 15) is 81.5 Å². The number of carbonyl (C=O) groups is 10. The van der Waals surface area contributed by atoms with Gasteiger partial charge in [-0.2, -0.15) is 0 Å². The molecule has 114 heavy (non-hydrogen) atoms. The Morgan fingerprint density at radius 3 is 1.34 bits per heavy atom. The Balaban J connectivity index is 0.000000206. The van der Waals surface area contributed by atoms with E-state index in [0.29, 0.717) is 66.2 Å². The van der Waals surface area contributed by atoms with E-state index in [1.807, 2.05) is 56.3 Å². The number of fused-ring (bicyclic) bond motifs is 1. The van der Waals surface area contributed by atoms with Crippen molar-refractivity contribution in [2.24, 2.45) is 53.3 Å². The van der Waals surface area contributed by atoms with Gasteiger partial charge in [-0.05, 0) is 166 Å². The molecule has 5 saturated heterocycles. The molecule has 22 atom stereocenters. The standard InChI is InChI=1S/C14H9NO2Se.C13H15FO4.C12H17FO3.C11H13FO3.2C11H14O3.C4H6O3.C2H6.2CH2Cl2.BH.H2O2.U/c16-13-11-8-4-5-9-12(11)14(17)15(13)18-10-6-2-1-3-7-10;1-7(15)18-13-8-3-4-10(13)17-11(16)9(13)6-12(2,14)5-8;1-6-9-10(14)16-8-4-3-7(12(8,9)15)5-11(6,2)13;1-10(12)4-6-2-3-8-11(6,14)7(5-10)9(13)15-8;2*1-6-4-7-2-3-9-11(7,13)8(5-6)10(12)14-9;1-3(5)7-4(2)6;1-2;2*2-1-3;;1-2;/h1-9H;6,8,10H,3-5H2,1-2H3;6-9,15H,3-5H2,1-2H3;5-6,8,14H,2-4H2,1H3;2*5-7,9,13H,2-4H2,1H3;1-2H3;1-2H3;2*1H2;1H;1-2H;/t;8-,10-,12+,13+;6?,7-,8-,9?,11+,12-;6-,8-,10+,11+;6?,7-,9-,11+;6-,7+,9+,11-;;;;;;;/m.11110......./s1/i;;;;;;;;;;1D;;. The van der Waals surface area contributed by atoms with Gasteiger partial charge < -0.3 is 53.6 Å². The summed E-state index contributed by atoms with van der Waals surface area (Å²) >= 11 is 18.8. The van der Waals surface area contributed by atoms with Crippen molar-refractivity contribution >= 4 is 134 Å². The molecule has 0 spiro atoms. The minimum atomic E-state index is -1.54. The molecule has 11 fully saturated rings. The third kappa shape index (κ3) is 19.3. The molecule has 6 aliphatic heterocycles. The smallest absolute Gasteiger partial charge is 0.0379 e. The average molecular weight is 1970 g/mol. The van der Waals surface area contributed by atoms with Crippen LogP contribution in [0.3, 0.4) is 0 Å². The van der Waals surface area contributed by atoms with Crippen LogP contribution in [-0.4, -0.2) is 206 Å². The molecule has 6 saturated carbocycles. The zero-order valence-electron chi connectivity index (χ0n) is 66.3. The predicted octanol–water partition coefficient (Wildman–Crippen LogP) is 10.8. The summed E-state index contributed by atoms with van der Waals surface area (Å²) in [6.07, 6.45) is 15.1. The minimum Gasteiger partial charge on any atom is -0.255 e. The summed E-state index contributed by atoms with van der Waals surface area (Å²) in [6, 6.07) is 16.6. The van der Waals surface area contributed by atoms with E-state index in [4.69, 9.17) is 86.7 Å². The summed E-state index contributed by atoms with van der Waals surface area (Å²) in [6.45, 7) is 18.0. The van der Waals surface area contributed by atoms with Gasteiger partial charge in [0, 0.05) is 72.1 Å². The van der Waals surface area contributed by atoms with E-state index in [1.165, 1.54) is 57.6 Å². The minimum absolute atomic E-state index is 0. The number of rotatable bonds is 3. The Bertz CT molecular complexity index is 3920. The quantitative estimate of drug-likeness (QED) is 0.0243. The first-order valence-corrected chi connectivity index (χ1v) is 41.3. The van der Waals surface area contributed by atoms with Crippen molar-refractivity contribution < 1.29 is 156 Å². The fourth-order valence-corrected chi connectivity index (χ4v) is 21.2. The average Bonchev–Trinajstić information content (AvgIpc) is 1.56. The van der Waals surface area contributed by atoms with Crippen LogP contribution in [0, 0.1) is 84.4 Å². The van der Waals surface area contributed by atoms with Gasteiger partial charge in [-0.1, -0.05) is 46.8 Å². The number of amides is 2. The second-order valence-corrected chi connectivity index (χ2v) is 34.9. The van der Waals surface area contributed by atoms with E-state index in [-0.39, 0.29) is 147 Å². The summed E-state index contributed by atoms with van der Waals surface area (Å²) in [5.74, 6) is -4.42. The molecule has 0 aromatic heterocycles. The van der Waals surface area contributed by atoms with Crippen LogP contribution in [0.25, 0.3) is 0 Å². The molecule has 3 unspecified atom stereocenters. The normalized spacial score (nSPS) is 37.8. The Morgan fingerprint density at radius 1 is 0.526 bits per heavy atom. The van der Waals surface area contributed by atoms with Crippen LogP contribution < -0.4 is 4.46 Å². The number of alkyl halides is 7. The van der Waals surface area contributed by atoms with Crippen molar-refractivity contribution in [3.63, 3.8) is 0 Å². The van der Waals surface area contributed by atoms with E-state index in [2.05, 4.69) is 27.0 Å². The maximum atomic E-state index is 14.4. The number of esters is 8. The predicted molar refractivity (Wildman–Crippen MR) is 410 cm³/mol. The molecule has 0 bridgehead atoms. The fourth-order valence-electron chi connectivity index (χ4n) is 19.4. The SMILES string of the molecule is CC.CC(=O)OC(C)=O.CC(=O)O[C@]12C3=C[C@@](C)(F)C[C@H]1CC[C@H]2OC3=O.CC1C2C(=O)O[C@@H]3CC[C@H](C[C@]1(C)F)[C@]23O.CC1C=C2C(=O)O[C@@H]3CC[C@H](C1)[C@]23O.C[C@@H]1C=C2C(=O)O[C@@H]3CC[C@H](C1)[C@]23O.C[C@@]1(F)C=C2C(=O)O[C@@H]3CC[C@H](C1)[C@]23O.ClCCl.ClCCl.O=C1c2ccccc2C(=O)N1[Se]c1ccccc1.OO.[2H][B].[U]. The molecule has 18 rings (SSSR count). The number of imide groups is 1. The molecule has 2 radical (unpaired) electrons. The summed E-state index contributed by atoms with van der Waals surface area (Å²) in [5, 5.41) is 54.5. The Morgan fingerprint density at radius 2 is 0.895 bits per heavy atom. The second-order valence-electron chi connectivity index (χ2n) is 31.2. The molecule has 6 N–H and O–H groups in total. The van der Waals surface area contributed by atoms with Crippen LogP contribution in [0.4, 0.5) is 13.2 Å². The first kappa shape index (κ1) is 96.0. The molecular formula is C80H101BCl4F3NO23SeU. The van der Waals surface area contributed by atoms with Gasteiger partial charge in [-0.15, -0.1) is 46.4 Å². The molecule has 2 aromatic carbocycles. The summed E-state index contributed by atoms with van der Waals surface area (Å²) in [7, 11) is 3.75. The third-order valence-electron chi connectivity index (χ3n) is 23.9. The number of halogens is 7. The van der Waals surface area contributed by atoms with Gasteiger partial charge in [0.2, 0.25) is 0 Å². The van der Waals surface area contributed by atoms with Crippen molar-refractivity contribution in [2.45, 2.75) is 248 Å². The van der Waals surface area contributed by atoms with Gasteiger partial charge in [-0.25, -0.2) is 32.3 Å². The summed E-state index contributed by atoms with van der Waals surface area (Å²) < 4.78 is 85.5. The van der Waals surface area contributed by atoms with Crippen LogP contribution >= 0.6 is 46.4 Å². The molecule has 6 heterocycles. The molecule has 2 amide bonds. The van der Waals surface area contributed by atoms with Crippen molar-refractivity contribution in [3.05, 3.63) is 112 Å². The van der Waals surface area contributed by atoms with Crippen molar-refractivity contribution in [1.29, 1.82) is 1.34 Å². The summed E-state index contributed by atoms with van der Waals surface area (Å²) in [4.78, 5) is 113. The molecule has 2 aromatic rings. The zero-order chi connectivity index (χ0) is 85.3. The van der Waals surface area contributed by atoms with Crippen LogP contribution in [0.5, 0.6) is 0 Å². The molecule has 34 heteroatoms. The maximum Gasteiger partial charge on any atom is 0.0379 e. The van der Waals surface area contributed by atoms with Crippen molar-refractivity contribution in [3.8, 4) is 0 Å². The van der Waals surface area contributed by atoms with Crippen LogP contribution in [-0.2, 0) is 71.5 Å². The van der Waals surface area contributed by atoms with Gasteiger partial charge in [0.05, 0.1) is 38.9 Å². The number of hydrogen-bond donors (Lipinski definition) is 6. The topological polar surface area (TPSA) is 360 Å². The van der Waals surface area contributed by atoms with E-state index >= 15 is 0 Å². The molecule has 24 nitrogen and oxygen atoms in total. The first-order valence-electron chi connectivity index (χ1n) is 38.2. The van der Waals surface area contributed by atoms with Gasteiger partial charge in [0.25, 0.3) is 0 Å². The van der Waals surface area contributed by atoms with Gasteiger partial charge in [0.1, 0.15) is 69.9 Å². The van der Waals surface area contributed by atoms with Crippen LogP contribution in [0.15, 0.2) is 101 Å². The molecule has 626 valence electrons. The number of carbonyl (C=O) groups excluding carboxylic acids is 10. The number of benzene rings is 2. The second kappa shape index (κ2) is 39.4. The first-order chi connectivity index (χ1) is 53.6. The maximum absolute atomic E-state index is 14.4. The van der Waals surface area contributed by atoms with Crippen molar-refractivity contribution in [2.75, 3.05) is 10.7 Å². The number of allylic oxidation sites excluding steroid dienone is 4. The van der Waals surface area contributed by atoms with E-state index in [0.717, 1.165) is 55.8 Å². The zero-order valence-corrected chi connectivity index (χ0v) is 74.2. The Labute approximate surface area is 714 Å². The number of aliphatic hydroxyl groups is 4. The fraction of sp³-hybridized carbons (Fsp3) is 0.625. The monoisotopic (exact) mass is 1970 g/mol. The third-order valence-corrected chi connectivity index (χ3v) is 26.0. The van der Waals surface area contributed by atoms with Gasteiger partial charge in [-0.3, -0.25) is 29.7 Å². The molecule has 16 aliphatic rings. The van der Waals surface area contributed by atoms with Crippen LogP contribution in [0.1, 0.15) is 193 Å². The van der Waals surface area contributed by atoms with Crippen LogP contribution in [0.2, 0.25) is 0 Å². The molecular weight excluding hydrogens is 1870 g/mol. The largest absolute Gasteiger partial charge is 0.255 e. The Hall–Kier alpha value is -5.15.